The van der Waals surface area contributed by atoms with Gasteiger partial charge in [0.25, 0.3) is 0 Å². The summed E-state index contributed by atoms with van der Waals surface area (Å²) >= 11 is 0. The Hall–Kier alpha value is -1.45. The summed E-state index contributed by atoms with van der Waals surface area (Å²) in [5.74, 6) is 0.774. The number of benzene rings is 2. The number of aryl methyl sites for hydroxylation is 1. The zero-order chi connectivity index (χ0) is 15.3. The van der Waals surface area contributed by atoms with Crippen molar-refractivity contribution in [1.29, 1.82) is 0 Å². The van der Waals surface area contributed by atoms with Crippen molar-refractivity contribution in [2.45, 2.75) is 25.9 Å². The fourth-order valence-corrected chi connectivity index (χ4v) is 3.30. The Kier molecular flexibility index (Phi) is 4.44. The van der Waals surface area contributed by atoms with Crippen LogP contribution in [0.15, 0.2) is 30.3 Å². The minimum Gasteiger partial charge on any atom is -0.488 e. The topological polar surface area (TPSA) is 43.4 Å². The van der Waals surface area contributed by atoms with E-state index in [1.54, 1.807) is 6.07 Å². The summed E-state index contributed by atoms with van der Waals surface area (Å²) in [5, 5.41) is 0. The van der Waals surface area contributed by atoms with Crippen LogP contribution in [0.25, 0.3) is 11.1 Å². The van der Waals surface area contributed by atoms with Gasteiger partial charge in [-0.05, 0) is 41.7 Å². The maximum absolute atomic E-state index is 12.0. The largest absolute Gasteiger partial charge is 0.488 e. The van der Waals surface area contributed by atoms with Crippen molar-refractivity contribution in [3.05, 3.63) is 59.5 Å². The van der Waals surface area contributed by atoms with Crippen LogP contribution < -0.4 is 4.74 Å². The minimum absolute atomic E-state index is 0. The molecule has 1 radical (unpaired) electrons. The zero-order valence-electron chi connectivity index (χ0n) is 12.7. The first kappa shape index (κ1) is 16.4. The van der Waals surface area contributed by atoms with E-state index in [1.165, 1.54) is 0 Å². The molecule has 4 heteroatoms. The van der Waals surface area contributed by atoms with Crippen LogP contribution in [0.1, 0.15) is 44.7 Å². The molecule has 2 aromatic rings. The molecule has 0 saturated heterocycles. The van der Waals surface area contributed by atoms with Crippen LogP contribution in [0.2, 0.25) is 0 Å². The van der Waals surface area contributed by atoms with Gasteiger partial charge >= 0.3 is 0 Å². The first-order valence-corrected chi connectivity index (χ1v) is 7.46. The first-order chi connectivity index (χ1) is 10.6. The number of fused-ring (bicyclic) bond motifs is 4. The predicted octanol–water partition coefficient (Wildman–Crippen LogP) is 3.78. The Morgan fingerprint density at radius 3 is 2.61 bits per heavy atom. The summed E-state index contributed by atoms with van der Waals surface area (Å²) in [6.45, 7) is 3.86. The van der Waals surface area contributed by atoms with Crippen molar-refractivity contribution >= 4 is 11.6 Å². The van der Waals surface area contributed by atoms with Crippen LogP contribution >= 0.6 is 0 Å². The fraction of sp³-hybridized carbons (Fsp3) is 0.211. The van der Waals surface area contributed by atoms with E-state index in [9.17, 15) is 9.59 Å². The molecule has 1 heterocycles. The van der Waals surface area contributed by atoms with Gasteiger partial charge < -0.3 is 9.53 Å². The second-order valence-electron chi connectivity index (χ2n) is 5.87. The number of ketones is 2. The van der Waals surface area contributed by atoms with Crippen molar-refractivity contribution in [3.63, 3.8) is 0 Å². The quantitative estimate of drug-likeness (QED) is 0.559. The molecular formula is C19H15O3Y-. The van der Waals surface area contributed by atoms with E-state index in [-0.39, 0.29) is 44.3 Å². The van der Waals surface area contributed by atoms with Gasteiger partial charge in [0.05, 0.1) is 0 Å². The van der Waals surface area contributed by atoms with E-state index >= 15 is 0 Å². The van der Waals surface area contributed by atoms with Crippen LogP contribution in [0, 0.1) is 6.92 Å². The molecule has 0 bridgehead atoms. The molecule has 0 N–H and O–H groups in total. The summed E-state index contributed by atoms with van der Waals surface area (Å²) < 4.78 is 5.82. The van der Waals surface area contributed by atoms with Crippen molar-refractivity contribution < 1.29 is 47.0 Å². The predicted molar refractivity (Wildman–Crippen MR) is 83.2 cm³/mol. The van der Waals surface area contributed by atoms with E-state index in [4.69, 9.17) is 4.74 Å². The minimum atomic E-state index is -0.190. The average Bonchev–Trinajstić information content (AvgIpc) is 2.53. The van der Waals surface area contributed by atoms with Crippen LogP contribution in [-0.2, 0) is 45.7 Å². The second kappa shape index (κ2) is 6.22. The van der Waals surface area contributed by atoms with Crippen LogP contribution in [-0.4, -0.2) is 11.6 Å². The van der Waals surface area contributed by atoms with Crippen molar-refractivity contribution in [2.75, 3.05) is 0 Å². The number of rotatable bonds is 1. The fourth-order valence-electron chi connectivity index (χ4n) is 3.30. The second-order valence-corrected chi connectivity index (χ2v) is 5.87. The number of ether oxygens (including phenoxy) is 1. The SMILES string of the molecule is [CH2-]C(=O)c1ccc2c(c1)COc1cc3c(cc1-2)CCCC3=O.[Y]. The summed E-state index contributed by atoms with van der Waals surface area (Å²) in [4.78, 5) is 23.5. The monoisotopic (exact) mass is 380 g/mol. The van der Waals surface area contributed by atoms with E-state index < -0.39 is 0 Å². The van der Waals surface area contributed by atoms with Crippen LogP contribution in [0.3, 0.4) is 0 Å². The van der Waals surface area contributed by atoms with Crippen molar-refractivity contribution in [3.8, 4) is 16.9 Å². The van der Waals surface area contributed by atoms with Gasteiger partial charge in [-0.2, -0.15) is 6.92 Å². The first-order valence-electron chi connectivity index (χ1n) is 7.46. The van der Waals surface area contributed by atoms with Gasteiger partial charge in [0.1, 0.15) is 12.4 Å². The molecule has 2 aliphatic rings. The molecule has 23 heavy (non-hydrogen) atoms. The Balaban J connectivity index is 0.00000156. The number of Topliss-reactive ketones (excluding diaryl/α,β-unsaturated/α-hetero) is 2. The van der Waals surface area contributed by atoms with Crippen LogP contribution in [0.4, 0.5) is 0 Å². The summed E-state index contributed by atoms with van der Waals surface area (Å²) in [6, 6.07) is 9.55. The molecule has 0 unspecified atom stereocenters. The maximum Gasteiger partial charge on any atom is 0.163 e. The average molecular weight is 380 g/mol. The number of carbonyl (C=O) groups is 2. The molecule has 0 aromatic heterocycles. The molecule has 1 aliphatic carbocycles. The van der Waals surface area contributed by atoms with Gasteiger partial charge in [-0.3, -0.25) is 4.79 Å². The van der Waals surface area contributed by atoms with Gasteiger partial charge in [-0.1, -0.05) is 6.07 Å². The molecule has 0 fully saturated rings. The van der Waals surface area contributed by atoms with Gasteiger partial charge in [0, 0.05) is 56.0 Å². The molecule has 1 aliphatic heterocycles. The van der Waals surface area contributed by atoms with Crippen molar-refractivity contribution in [2.24, 2.45) is 0 Å². The normalized spacial score (nSPS) is 14.7. The van der Waals surface area contributed by atoms with E-state index in [1.807, 2.05) is 18.2 Å². The molecule has 0 atom stereocenters. The number of hydrogen-bond acceptors (Lipinski definition) is 3. The van der Waals surface area contributed by atoms with Crippen molar-refractivity contribution in [1.82, 2.24) is 0 Å². The Morgan fingerprint density at radius 1 is 1.00 bits per heavy atom. The molecule has 0 spiro atoms. The third-order valence-electron chi connectivity index (χ3n) is 4.46. The third-order valence-corrected chi connectivity index (χ3v) is 4.46. The summed E-state index contributed by atoms with van der Waals surface area (Å²) in [6.07, 6.45) is 2.46. The van der Waals surface area contributed by atoms with Gasteiger partial charge in [-0.15, -0.1) is 17.7 Å². The molecule has 0 saturated carbocycles. The molecular weight excluding hydrogens is 365 g/mol. The third kappa shape index (κ3) is 2.77. The van der Waals surface area contributed by atoms with Gasteiger partial charge in [0.2, 0.25) is 0 Å². The van der Waals surface area contributed by atoms with E-state index in [2.05, 4.69) is 13.0 Å². The zero-order valence-corrected chi connectivity index (χ0v) is 15.6. The number of carbonyl (C=O) groups excluding carboxylic acids is 2. The summed E-state index contributed by atoms with van der Waals surface area (Å²) in [5.41, 5.74) is 5.58. The molecule has 4 rings (SSSR count). The molecule has 0 amide bonds. The Bertz CT molecular complexity index is 824. The molecule has 3 nitrogen and oxygen atoms in total. The van der Waals surface area contributed by atoms with Gasteiger partial charge in [0.15, 0.2) is 5.78 Å². The number of hydrogen-bond donors (Lipinski definition) is 0. The maximum atomic E-state index is 12.0. The molecule has 113 valence electrons. The van der Waals surface area contributed by atoms with Crippen LogP contribution in [0.5, 0.6) is 5.75 Å². The Morgan fingerprint density at radius 2 is 1.83 bits per heavy atom. The smallest absolute Gasteiger partial charge is 0.163 e. The molecule has 2 aromatic carbocycles. The summed E-state index contributed by atoms with van der Waals surface area (Å²) in [7, 11) is 0. The van der Waals surface area contributed by atoms with Gasteiger partial charge in [-0.25, -0.2) is 0 Å². The Labute approximate surface area is 160 Å². The standard InChI is InChI=1S/C19H15O3.Y/c1-11(20)12-5-6-15-14(7-12)10-22-19-9-16-13(8-17(15)19)3-2-4-18(16)21;/h5-9H,1-4,10H2;/q-1;. The van der Waals surface area contributed by atoms with E-state index in [0.717, 1.165) is 46.4 Å². The van der Waals surface area contributed by atoms with E-state index in [0.29, 0.717) is 18.6 Å².